The van der Waals surface area contributed by atoms with Crippen LogP contribution in [-0.4, -0.2) is 22.2 Å². The average molecular weight is 271 g/mol. The van der Waals surface area contributed by atoms with Gasteiger partial charge in [0, 0.05) is 17.8 Å². The van der Waals surface area contributed by atoms with Gasteiger partial charge in [-0.15, -0.1) is 0 Å². The number of benzene rings is 1. The van der Waals surface area contributed by atoms with Crippen molar-refractivity contribution >= 4 is 5.97 Å². The molecule has 1 aromatic heterocycles. The summed E-state index contributed by atoms with van der Waals surface area (Å²) < 4.78 is 7.50. The van der Waals surface area contributed by atoms with E-state index in [1.54, 1.807) is 4.57 Å². The summed E-state index contributed by atoms with van der Waals surface area (Å²) in [5, 5.41) is 9.07. The quantitative estimate of drug-likeness (QED) is 0.863. The molecule has 0 saturated carbocycles. The largest absolute Gasteiger partial charge is 0.491 e. The van der Waals surface area contributed by atoms with Gasteiger partial charge in [0.05, 0.1) is 11.7 Å². The number of carboxylic acids is 1. The smallest absolute Gasteiger partial charge is 0.341 e. The fourth-order valence-electron chi connectivity index (χ4n) is 2.39. The lowest BCUT2D eigenvalue weighted by atomic mass is 10.1. The van der Waals surface area contributed by atoms with Gasteiger partial charge >= 0.3 is 5.97 Å². The van der Waals surface area contributed by atoms with Crippen molar-refractivity contribution < 1.29 is 14.6 Å². The Morgan fingerprint density at radius 2 is 2.15 bits per heavy atom. The van der Waals surface area contributed by atoms with E-state index in [4.69, 9.17) is 9.84 Å². The summed E-state index contributed by atoms with van der Waals surface area (Å²) in [6, 6.07) is 8.73. The summed E-state index contributed by atoms with van der Waals surface area (Å²) in [6.07, 6.45) is 1.40. The minimum atomic E-state index is -1.21. The lowest BCUT2D eigenvalue weighted by Crippen LogP contribution is -2.21. The fraction of sp³-hybridized carbons (Fsp3) is 0.200. The third-order valence-corrected chi connectivity index (χ3v) is 3.43. The number of ether oxygens (including phenoxy) is 1. The number of nitrogens with zero attached hydrogens (tertiary/aromatic N) is 1. The second-order valence-electron chi connectivity index (χ2n) is 4.81. The number of carbonyl (C=O) groups is 1. The first-order valence-electron chi connectivity index (χ1n) is 6.29. The van der Waals surface area contributed by atoms with Crippen molar-refractivity contribution in [2.24, 2.45) is 0 Å². The zero-order valence-electron chi connectivity index (χ0n) is 10.9. The molecule has 2 heterocycles. The van der Waals surface area contributed by atoms with E-state index in [1.165, 1.54) is 12.3 Å². The van der Waals surface area contributed by atoms with Crippen molar-refractivity contribution in [3.05, 3.63) is 52.3 Å². The first-order valence-corrected chi connectivity index (χ1v) is 6.29. The Morgan fingerprint density at radius 1 is 1.40 bits per heavy atom. The summed E-state index contributed by atoms with van der Waals surface area (Å²) in [6.45, 7) is 2.34. The summed E-state index contributed by atoms with van der Waals surface area (Å²) in [7, 11) is 0. The minimum absolute atomic E-state index is 0.0592. The van der Waals surface area contributed by atoms with Crippen LogP contribution in [0.25, 0.3) is 11.3 Å². The molecule has 3 rings (SSSR count). The Labute approximate surface area is 115 Å². The maximum atomic E-state index is 11.9. The van der Waals surface area contributed by atoms with Gasteiger partial charge in [0.25, 0.3) is 0 Å². The average Bonchev–Trinajstić information content (AvgIpc) is 2.56. The first-order chi connectivity index (χ1) is 9.58. The van der Waals surface area contributed by atoms with E-state index in [0.29, 0.717) is 18.1 Å². The fourth-order valence-corrected chi connectivity index (χ4v) is 2.39. The van der Waals surface area contributed by atoms with Crippen LogP contribution in [0.2, 0.25) is 0 Å². The molecule has 0 radical (unpaired) electrons. The Bertz CT molecular complexity index is 748. The van der Waals surface area contributed by atoms with E-state index in [0.717, 1.165) is 5.56 Å². The second kappa shape index (κ2) is 4.52. The van der Waals surface area contributed by atoms with Gasteiger partial charge in [-0.25, -0.2) is 4.79 Å². The molecule has 1 N–H and O–H groups in total. The molecule has 1 atom stereocenters. The molecule has 0 spiro atoms. The van der Waals surface area contributed by atoms with E-state index in [-0.39, 0.29) is 11.6 Å². The van der Waals surface area contributed by atoms with Crippen LogP contribution in [0.4, 0.5) is 0 Å². The van der Waals surface area contributed by atoms with Crippen molar-refractivity contribution in [2.75, 3.05) is 6.61 Å². The van der Waals surface area contributed by atoms with E-state index in [9.17, 15) is 9.59 Å². The Morgan fingerprint density at radius 3 is 2.90 bits per heavy atom. The highest BCUT2D eigenvalue weighted by molar-refractivity contribution is 5.87. The molecule has 2 aromatic rings. The maximum absolute atomic E-state index is 11.9. The third-order valence-electron chi connectivity index (χ3n) is 3.43. The summed E-state index contributed by atoms with van der Waals surface area (Å²) in [5.41, 5.74) is 0.763. The van der Waals surface area contributed by atoms with Crippen molar-refractivity contribution in [2.45, 2.75) is 13.0 Å². The molecule has 1 aliphatic heterocycles. The Hall–Kier alpha value is -2.56. The van der Waals surface area contributed by atoms with Crippen molar-refractivity contribution in [3.63, 3.8) is 0 Å². The van der Waals surface area contributed by atoms with Crippen molar-refractivity contribution in [1.82, 2.24) is 4.57 Å². The number of aromatic nitrogens is 1. The van der Waals surface area contributed by atoms with Gasteiger partial charge in [0.1, 0.15) is 17.9 Å². The van der Waals surface area contributed by atoms with Gasteiger partial charge in [-0.2, -0.15) is 0 Å². The Balaban J connectivity index is 2.32. The van der Waals surface area contributed by atoms with Gasteiger partial charge in [0.15, 0.2) is 5.43 Å². The SMILES string of the molecule is C[C@@H]1COc2ccccc2-c2cc(=O)c(C(=O)O)cn21. The molecule has 0 unspecified atom stereocenters. The van der Waals surface area contributed by atoms with Crippen LogP contribution in [0.5, 0.6) is 5.75 Å². The molecule has 20 heavy (non-hydrogen) atoms. The number of hydrogen-bond acceptors (Lipinski definition) is 3. The third kappa shape index (κ3) is 1.87. The molecular formula is C15H13NO4. The molecule has 0 bridgehead atoms. The number of fused-ring (bicyclic) bond motifs is 3. The number of aromatic carboxylic acids is 1. The van der Waals surface area contributed by atoms with Crippen molar-refractivity contribution in [3.8, 4) is 17.0 Å². The number of hydrogen-bond donors (Lipinski definition) is 1. The van der Waals surface area contributed by atoms with Gasteiger partial charge in [0.2, 0.25) is 0 Å². The molecule has 0 saturated heterocycles. The van der Waals surface area contributed by atoms with Crippen LogP contribution in [-0.2, 0) is 0 Å². The molecule has 102 valence electrons. The molecule has 1 aromatic carbocycles. The van der Waals surface area contributed by atoms with Crippen LogP contribution in [0, 0.1) is 0 Å². The van der Waals surface area contributed by atoms with Crippen molar-refractivity contribution in [1.29, 1.82) is 0 Å². The van der Waals surface area contributed by atoms with Crippen LogP contribution in [0.1, 0.15) is 23.3 Å². The zero-order chi connectivity index (χ0) is 14.3. The normalized spacial score (nSPS) is 16.6. The monoisotopic (exact) mass is 271 g/mol. The van der Waals surface area contributed by atoms with Crippen LogP contribution in [0.15, 0.2) is 41.3 Å². The highest BCUT2D eigenvalue weighted by Gasteiger charge is 2.21. The maximum Gasteiger partial charge on any atom is 0.341 e. The zero-order valence-corrected chi connectivity index (χ0v) is 10.9. The first kappa shape index (κ1) is 12.5. The highest BCUT2D eigenvalue weighted by atomic mass is 16.5. The summed E-state index contributed by atoms with van der Waals surface area (Å²) in [4.78, 5) is 23.0. The predicted octanol–water partition coefficient (Wildman–Crippen LogP) is 2.17. The van der Waals surface area contributed by atoms with E-state index in [1.807, 2.05) is 31.2 Å². The second-order valence-corrected chi connectivity index (χ2v) is 4.81. The number of carboxylic acid groups (broad SMARTS) is 1. The number of rotatable bonds is 1. The van der Waals surface area contributed by atoms with E-state index < -0.39 is 11.4 Å². The molecule has 5 heteroatoms. The minimum Gasteiger partial charge on any atom is -0.491 e. The van der Waals surface area contributed by atoms with E-state index in [2.05, 4.69) is 0 Å². The lowest BCUT2D eigenvalue weighted by molar-refractivity contribution is 0.0694. The van der Waals surface area contributed by atoms with Crippen LogP contribution < -0.4 is 10.2 Å². The lowest BCUT2D eigenvalue weighted by Gasteiger charge is -2.16. The van der Waals surface area contributed by atoms with E-state index >= 15 is 0 Å². The van der Waals surface area contributed by atoms with Crippen LogP contribution >= 0.6 is 0 Å². The molecule has 0 amide bonds. The van der Waals surface area contributed by atoms with Gasteiger partial charge in [-0.1, -0.05) is 12.1 Å². The number of para-hydroxylation sites is 1. The summed E-state index contributed by atoms with van der Waals surface area (Å²) >= 11 is 0. The number of pyridine rings is 1. The van der Waals surface area contributed by atoms with Gasteiger partial charge < -0.3 is 14.4 Å². The van der Waals surface area contributed by atoms with Crippen LogP contribution in [0.3, 0.4) is 0 Å². The molecule has 0 fully saturated rings. The standard InChI is InChI=1S/C15H13NO4/c1-9-8-20-14-5-3-2-4-10(14)12-6-13(17)11(15(18)19)7-16(9)12/h2-7,9H,8H2,1H3,(H,18,19)/t9-/m1/s1. The molecular weight excluding hydrogens is 258 g/mol. The molecule has 1 aliphatic rings. The van der Waals surface area contributed by atoms with Gasteiger partial charge in [-0.05, 0) is 19.1 Å². The van der Waals surface area contributed by atoms with Gasteiger partial charge in [-0.3, -0.25) is 4.79 Å². The Kier molecular flexibility index (Phi) is 2.82. The molecule has 5 nitrogen and oxygen atoms in total. The highest BCUT2D eigenvalue weighted by Crippen LogP contribution is 2.34. The molecule has 0 aliphatic carbocycles. The topological polar surface area (TPSA) is 68.5 Å². The summed E-state index contributed by atoms with van der Waals surface area (Å²) in [5.74, 6) is -0.510. The predicted molar refractivity (Wildman–Crippen MR) is 73.3 cm³/mol.